The Balaban J connectivity index is 1.50. The van der Waals surface area contributed by atoms with Crippen molar-refractivity contribution in [2.45, 2.75) is 51.0 Å². The molecule has 2 fully saturated rings. The summed E-state index contributed by atoms with van der Waals surface area (Å²) in [5, 5.41) is 6.41. The van der Waals surface area contributed by atoms with Gasteiger partial charge in [0.05, 0.1) is 12.2 Å². The van der Waals surface area contributed by atoms with Crippen molar-refractivity contribution in [3.63, 3.8) is 0 Å². The van der Waals surface area contributed by atoms with Crippen LogP contribution < -0.4 is 0 Å². The van der Waals surface area contributed by atoms with Gasteiger partial charge < -0.3 is 4.90 Å². The SMILES string of the molecule is Cc1ccc([C@@H]2CN(CC(=O)N3CCCC[C@@H]3C)C[C@H]2c2csnn2)cc1. The lowest BCUT2D eigenvalue weighted by molar-refractivity contribution is -0.135. The molecule has 27 heavy (non-hydrogen) atoms. The molecule has 0 bridgehead atoms. The van der Waals surface area contributed by atoms with Crippen molar-refractivity contribution in [3.05, 3.63) is 46.5 Å². The molecule has 4 rings (SSSR count). The molecule has 1 amide bonds. The summed E-state index contributed by atoms with van der Waals surface area (Å²) >= 11 is 1.41. The first-order valence-corrected chi connectivity index (χ1v) is 10.8. The molecule has 2 aliphatic heterocycles. The van der Waals surface area contributed by atoms with Crippen LogP contribution in [0.5, 0.6) is 0 Å². The number of aryl methyl sites for hydroxylation is 1. The quantitative estimate of drug-likeness (QED) is 0.810. The number of likely N-dealkylation sites (tertiary alicyclic amines) is 2. The van der Waals surface area contributed by atoms with Crippen molar-refractivity contribution < 1.29 is 4.79 Å². The van der Waals surface area contributed by atoms with Gasteiger partial charge in [0.25, 0.3) is 0 Å². The highest BCUT2D eigenvalue weighted by molar-refractivity contribution is 7.03. The number of nitrogens with zero attached hydrogens (tertiary/aromatic N) is 4. The molecule has 144 valence electrons. The van der Waals surface area contributed by atoms with Crippen LogP contribution in [-0.2, 0) is 4.79 Å². The number of rotatable bonds is 4. The van der Waals surface area contributed by atoms with Gasteiger partial charge in [0.15, 0.2) is 0 Å². The predicted octanol–water partition coefficient (Wildman–Crippen LogP) is 3.43. The highest BCUT2D eigenvalue weighted by Gasteiger charge is 2.37. The topological polar surface area (TPSA) is 49.3 Å². The molecular weight excluding hydrogens is 356 g/mol. The molecule has 0 N–H and O–H groups in total. The van der Waals surface area contributed by atoms with E-state index in [4.69, 9.17) is 0 Å². The van der Waals surface area contributed by atoms with Crippen LogP contribution in [0.15, 0.2) is 29.6 Å². The number of aromatic nitrogens is 2. The Labute approximate surface area is 165 Å². The molecule has 2 aromatic rings. The largest absolute Gasteiger partial charge is 0.339 e. The minimum absolute atomic E-state index is 0.280. The smallest absolute Gasteiger partial charge is 0.236 e. The van der Waals surface area contributed by atoms with Gasteiger partial charge in [0.2, 0.25) is 5.91 Å². The van der Waals surface area contributed by atoms with E-state index < -0.39 is 0 Å². The summed E-state index contributed by atoms with van der Waals surface area (Å²) in [6.45, 7) is 7.50. The van der Waals surface area contributed by atoms with Crippen LogP contribution >= 0.6 is 11.5 Å². The molecule has 3 heterocycles. The fourth-order valence-corrected chi connectivity index (χ4v) is 5.07. The first kappa shape index (κ1) is 18.6. The highest BCUT2D eigenvalue weighted by atomic mass is 32.1. The standard InChI is InChI=1S/C21H28N4OS/c1-15-6-8-17(9-7-15)18-11-24(12-19(18)20-14-27-23-22-20)13-21(26)25-10-4-3-5-16(25)2/h6-9,14,16,18-19H,3-5,10-13H2,1-2H3/t16-,18-,19+/m0/s1. The molecule has 0 radical (unpaired) electrons. The fraction of sp³-hybridized carbons (Fsp3) is 0.571. The number of carbonyl (C=O) groups is 1. The van der Waals surface area contributed by atoms with E-state index in [-0.39, 0.29) is 5.91 Å². The fourth-order valence-electron chi connectivity index (χ4n) is 4.55. The summed E-state index contributed by atoms with van der Waals surface area (Å²) in [5.41, 5.74) is 3.67. The van der Waals surface area contributed by atoms with Crippen molar-refractivity contribution in [1.29, 1.82) is 0 Å². The maximum Gasteiger partial charge on any atom is 0.236 e. The lowest BCUT2D eigenvalue weighted by Crippen LogP contribution is -2.46. The molecular formula is C21H28N4OS. The summed E-state index contributed by atoms with van der Waals surface area (Å²) in [5.74, 6) is 0.945. The minimum Gasteiger partial charge on any atom is -0.339 e. The molecule has 2 aliphatic rings. The van der Waals surface area contributed by atoms with E-state index in [2.05, 4.69) is 62.9 Å². The van der Waals surface area contributed by atoms with E-state index in [0.29, 0.717) is 24.4 Å². The molecule has 0 saturated carbocycles. The molecule has 2 saturated heterocycles. The van der Waals surface area contributed by atoms with Crippen molar-refractivity contribution in [1.82, 2.24) is 19.4 Å². The molecule has 1 aromatic carbocycles. The van der Waals surface area contributed by atoms with E-state index in [1.807, 2.05) is 0 Å². The van der Waals surface area contributed by atoms with E-state index in [0.717, 1.165) is 38.2 Å². The van der Waals surface area contributed by atoms with Crippen molar-refractivity contribution in [2.24, 2.45) is 0 Å². The highest BCUT2D eigenvalue weighted by Crippen LogP contribution is 2.39. The van der Waals surface area contributed by atoms with Crippen LogP contribution in [0.3, 0.4) is 0 Å². The second-order valence-corrected chi connectivity index (χ2v) is 8.69. The van der Waals surface area contributed by atoms with E-state index in [9.17, 15) is 4.79 Å². The molecule has 3 atom stereocenters. The van der Waals surface area contributed by atoms with Gasteiger partial charge in [-0.2, -0.15) is 0 Å². The second-order valence-electron chi connectivity index (χ2n) is 8.08. The minimum atomic E-state index is 0.280. The van der Waals surface area contributed by atoms with Crippen LogP contribution in [0.25, 0.3) is 0 Å². The lowest BCUT2D eigenvalue weighted by Gasteiger charge is -2.34. The maximum absolute atomic E-state index is 12.9. The van der Waals surface area contributed by atoms with Crippen LogP contribution in [0.2, 0.25) is 0 Å². The molecule has 0 unspecified atom stereocenters. The zero-order valence-corrected chi connectivity index (χ0v) is 17.0. The van der Waals surface area contributed by atoms with Gasteiger partial charge in [-0.3, -0.25) is 9.69 Å². The summed E-state index contributed by atoms with van der Waals surface area (Å²) in [6.07, 6.45) is 3.50. The Morgan fingerprint density at radius 1 is 1.19 bits per heavy atom. The third-order valence-electron chi connectivity index (χ3n) is 6.14. The van der Waals surface area contributed by atoms with Gasteiger partial charge in [0, 0.05) is 42.9 Å². The summed E-state index contributed by atoms with van der Waals surface area (Å²) < 4.78 is 4.08. The number of benzene rings is 1. The summed E-state index contributed by atoms with van der Waals surface area (Å²) in [4.78, 5) is 17.3. The Morgan fingerprint density at radius 3 is 2.67 bits per heavy atom. The summed E-state index contributed by atoms with van der Waals surface area (Å²) in [6, 6.07) is 9.18. The van der Waals surface area contributed by atoms with Gasteiger partial charge in [-0.05, 0) is 50.2 Å². The normalized spacial score (nSPS) is 26.4. The van der Waals surface area contributed by atoms with Crippen LogP contribution in [0, 0.1) is 6.92 Å². The van der Waals surface area contributed by atoms with Gasteiger partial charge in [-0.15, -0.1) is 5.10 Å². The van der Waals surface area contributed by atoms with Crippen molar-refractivity contribution in [2.75, 3.05) is 26.2 Å². The molecule has 0 aliphatic carbocycles. The van der Waals surface area contributed by atoms with E-state index >= 15 is 0 Å². The van der Waals surface area contributed by atoms with Gasteiger partial charge in [-0.25, -0.2) is 0 Å². The van der Waals surface area contributed by atoms with Gasteiger partial charge in [-0.1, -0.05) is 34.3 Å². The number of hydrogen-bond acceptors (Lipinski definition) is 5. The number of amides is 1. The van der Waals surface area contributed by atoms with Gasteiger partial charge in [0.1, 0.15) is 0 Å². The first-order chi connectivity index (χ1) is 13.1. The molecule has 5 nitrogen and oxygen atoms in total. The van der Waals surface area contributed by atoms with Crippen molar-refractivity contribution in [3.8, 4) is 0 Å². The number of hydrogen-bond donors (Lipinski definition) is 0. The van der Waals surface area contributed by atoms with Crippen molar-refractivity contribution >= 4 is 17.4 Å². The lowest BCUT2D eigenvalue weighted by atomic mass is 9.87. The number of carbonyl (C=O) groups excluding carboxylic acids is 1. The first-order valence-electron chi connectivity index (χ1n) is 9.97. The van der Waals surface area contributed by atoms with Crippen LogP contribution in [0.4, 0.5) is 0 Å². The monoisotopic (exact) mass is 384 g/mol. The average molecular weight is 385 g/mol. The third kappa shape index (κ3) is 4.06. The Bertz CT molecular complexity index is 761. The van der Waals surface area contributed by atoms with E-state index in [1.54, 1.807) is 0 Å². The summed E-state index contributed by atoms with van der Waals surface area (Å²) in [7, 11) is 0. The average Bonchev–Trinajstić information content (AvgIpc) is 3.32. The Kier molecular flexibility index (Phi) is 5.55. The molecule has 0 spiro atoms. The zero-order chi connectivity index (χ0) is 18.8. The van der Waals surface area contributed by atoms with Crippen LogP contribution in [-0.4, -0.2) is 57.5 Å². The second kappa shape index (κ2) is 8.07. The molecule has 1 aromatic heterocycles. The Hall–Kier alpha value is -1.79. The van der Waals surface area contributed by atoms with E-state index in [1.165, 1.54) is 29.1 Å². The molecule has 6 heteroatoms. The predicted molar refractivity (Wildman–Crippen MR) is 108 cm³/mol. The van der Waals surface area contributed by atoms with Crippen LogP contribution in [0.1, 0.15) is 54.8 Å². The zero-order valence-electron chi connectivity index (χ0n) is 16.2. The maximum atomic E-state index is 12.9. The number of piperidine rings is 1. The third-order valence-corrected chi connectivity index (χ3v) is 6.66. The Morgan fingerprint density at radius 2 is 1.96 bits per heavy atom. The van der Waals surface area contributed by atoms with Gasteiger partial charge >= 0.3 is 0 Å².